The number of benzene rings is 2. The summed E-state index contributed by atoms with van der Waals surface area (Å²) in [7, 11) is 0. The van der Waals surface area contributed by atoms with Crippen molar-refractivity contribution in [2.45, 2.75) is 15.6 Å². The normalized spacial score (nSPS) is 26.8. The lowest BCUT2D eigenvalue weighted by molar-refractivity contribution is 0.0936. The van der Waals surface area contributed by atoms with Gasteiger partial charge in [0.15, 0.2) is 5.78 Å². The van der Waals surface area contributed by atoms with Gasteiger partial charge in [-0.15, -0.1) is 0 Å². The van der Waals surface area contributed by atoms with Crippen LogP contribution in [0.1, 0.15) is 32.2 Å². The summed E-state index contributed by atoms with van der Waals surface area (Å²) in [6, 6.07) is 19.4. The third-order valence-corrected chi connectivity index (χ3v) is 6.97. The van der Waals surface area contributed by atoms with Gasteiger partial charge >= 0.3 is 0 Å². The van der Waals surface area contributed by atoms with Crippen LogP contribution in [-0.4, -0.2) is 10.6 Å². The number of carbonyl (C=O) groups is 1. The van der Waals surface area contributed by atoms with E-state index in [-0.39, 0.29) is 15.4 Å². The fourth-order valence-electron chi connectivity index (χ4n) is 3.01. The van der Waals surface area contributed by atoms with E-state index < -0.39 is 11.8 Å². The molecule has 4 atom stereocenters. The second-order valence-corrected chi connectivity index (χ2v) is 7.38. The number of fused-ring (bicyclic) bond motifs is 1. The largest absolute Gasteiger partial charge is 0.293 e. The maximum atomic E-state index is 13.0. The van der Waals surface area contributed by atoms with Crippen molar-refractivity contribution in [1.82, 2.24) is 0 Å². The van der Waals surface area contributed by atoms with E-state index in [4.69, 9.17) is 0 Å². The predicted molar refractivity (Wildman–Crippen MR) is 93.4 cm³/mol. The SMILES string of the molecule is N#C[C@H]1[C@H](Br)[C@@H](Br)c2ccccc2[C@H]1C(=O)c1ccccc1. The van der Waals surface area contributed by atoms with E-state index in [2.05, 4.69) is 37.9 Å². The summed E-state index contributed by atoms with van der Waals surface area (Å²) in [5, 5.41) is 9.62. The zero-order chi connectivity index (χ0) is 15.7. The molecule has 0 aromatic heterocycles. The first-order chi connectivity index (χ1) is 10.6. The molecule has 2 aromatic rings. The van der Waals surface area contributed by atoms with Crippen molar-refractivity contribution in [2.24, 2.45) is 5.92 Å². The topological polar surface area (TPSA) is 40.9 Å². The average molecular weight is 419 g/mol. The molecule has 22 heavy (non-hydrogen) atoms. The molecule has 0 radical (unpaired) electrons. The Morgan fingerprint density at radius 2 is 1.55 bits per heavy atom. The van der Waals surface area contributed by atoms with Gasteiger partial charge in [0.1, 0.15) is 0 Å². The van der Waals surface area contributed by atoms with Gasteiger partial charge in [0, 0.05) is 10.4 Å². The number of alkyl halides is 2. The second kappa shape index (κ2) is 6.36. The molecule has 2 aromatic carbocycles. The molecule has 0 fully saturated rings. The van der Waals surface area contributed by atoms with Gasteiger partial charge in [0.05, 0.1) is 22.7 Å². The number of nitrogens with zero attached hydrogens (tertiary/aromatic N) is 1. The molecule has 1 aliphatic rings. The third kappa shape index (κ3) is 2.53. The van der Waals surface area contributed by atoms with Gasteiger partial charge in [0.2, 0.25) is 0 Å². The molecule has 4 heteroatoms. The molecule has 0 aliphatic heterocycles. The van der Waals surface area contributed by atoms with Crippen LogP contribution in [0.15, 0.2) is 54.6 Å². The molecule has 0 heterocycles. The van der Waals surface area contributed by atoms with Crippen LogP contribution in [0.5, 0.6) is 0 Å². The van der Waals surface area contributed by atoms with Crippen molar-refractivity contribution < 1.29 is 4.79 Å². The number of nitriles is 1. The highest BCUT2D eigenvalue weighted by atomic mass is 79.9. The van der Waals surface area contributed by atoms with Gasteiger partial charge < -0.3 is 0 Å². The van der Waals surface area contributed by atoms with Crippen LogP contribution in [0.2, 0.25) is 0 Å². The third-order valence-electron chi connectivity index (χ3n) is 4.10. The first-order valence-corrected chi connectivity index (χ1v) is 8.84. The smallest absolute Gasteiger partial charge is 0.171 e. The van der Waals surface area contributed by atoms with Crippen LogP contribution < -0.4 is 0 Å². The molecule has 2 nitrogen and oxygen atoms in total. The number of hydrogen-bond acceptors (Lipinski definition) is 2. The number of carbonyl (C=O) groups excluding carboxylic acids is 1. The predicted octanol–water partition coefficient (Wildman–Crippen LogP) is 5.01. The maximum Gasteiger partial charge on any atom is 0.171 e. The standard InChI is InChI=1S/C18H13Br2NO/c19-16-13-9-5-4-8-12(13)15(14(10-21)17(16)20)18(22)11-6-2-1-3-7-11/h1-9,14-17H/t14-,15-,16+,17+/m1/s1. The quantitative estimate of drug-likeness (QED) is 0.508. The molecular weight excluding hydrogens is 406 g/mol. The Labute approximate surface area is 146 Å². The van der Waals surface area contributed by atoms with Gasteiger partial charge in [-0.3, -0.25) is 4.79 Å². The first kappa shape index (κ1) is 15.5. The number of hydrogen-bond donors (Lipinski definition) is 0. The zero-order valence-electron chi connectivity index (χ0n) is 11.6. The van der Waals surface area contributed by atoms with Gasteiger partial charge in [-0.25, -0.2) is 0 Å². The number of Topliss-reactive ketones (excluding diaryl/α,β-unsaturated/α-hetero) is 1. The van der Waals surface area contributed by atoms with Crippen LogP contribution in [0.3, 0.4) is 0 Å². The second-order valence-electron chi connectivity index (χ2n) is 5.34. The highest BCUT2D eigenvalue weighted by molar-refractivity contribution is 9.12. The summed E-state index contributed by atoms with van der Waals surface area (Å²) >= 11 is 7.27. The lowest BCUT2D eigenvalue weighted by atomic mass is 9.72. The van der Waals surface area contributed by atoms with Crippen LogP contribution in [-0.2, 0) is 0 Å². The Balaban J connectivity index is 2.14. The van der Waals surface area contributed by atoms with Gasteiger partial charge in [-0.1, -0.05) is 86.5 Å². The molecule has 0 bridgehead atoms. The van der Waals surface area contributed by atoms with E-state index in [0.717, 1.165) is 11.1 Å². The summed E-state index contributed by atoms with van der Waals surface area (Å²) < 4.78 is 0. The Hall–Kier alpha value is -1.44. The van der Waals surface area contributed by atoms with E-state index in [0.29, 0.717) is 5.56 Å². The number of halogens is 2. The van der Waals surface area contributed by atoms with Crippen molar-refractivity contribution in [2.75, 3.05) is 0 Å². The monoisotopic (exact) mass is 417 g/mol. The molecule has 0 saturated carbocycles. The highest BCUT2D eigenvalue weighted by Crippen LogP contribution is 2.49. The lowest BCUT2D eigenvalue weighted by Gasteiger charge is -2.35. The summed E-state index contributed by atoms with van der Waals surface area (Å²) in [5.74, 6) is -0.850. The minimum Gasteiger partial charge on any atom is -0.293 e. The molecule has 1 aliphatic carbocycles. The minimum atomic E-state index is -0.443. The van der Waals surface area contributed by atoms with Crippen molar-refractivity contribution in [1.29, 1.82) is 5.26 Å². The van der Waals surface area contributed by atoms with E-state index in [9.17, 15) is 10.1 Å². The summed E-state index contributed by atoms with van der Waals surface area (Å²) in [4.78, 5) is 12.9. The van der Waals surface area contributed by atoms with Crippen molar-refractivity contribution >= 4 is 37.6 Å². The van der Waals surface area contributed by atoms with Gasteiger partial charge in [-0.2, -0.15) is 5.26 Å². The molecule has 110 valence electrons. The average Bonchev–Trinajstić information content (AvgIpc) is 2.58. The van der Waals surface area contributed by atoms with Crippen LogP contribution in [0, 0.1) is 17.2 Å². The van der Waals surface area contributed by atoms with Crippen molar-refractivity contribution in [3.63, 3.8) is 0 Å². The molecule has 0 unspecified atom stereocenters. The van der Waals surface area contributed by atoms with E-state index in [1.807, 2.05) is 54.6 Å². The van der Waals surface area contributed by atoms with Crippen LogP contribution in [0.4, 0.5) is 0 Å². The zero-order valence-corrected chi connectivity index (χ0v) is 14.8. The Bertz CT molecular complexity index is 738. The fraction of sp³-hybridized carbons (Fsp3) is 0.222. The van der Waals surface area contributed by atoms with E-state index in [1.165, 1.54) is 0 Å². The summed E-state index contributed by atoms with van der Waals surface area (Å²) in [6.07, 6.45) is 0. The van der Waals surface area contributed by atoms with E-state index >= 15 is 0 Å². The first-order valence-electron chi connectivity index (χ1n) is 7.01. The molecule has 0 N–H and O–H groups in total. The molecule has 0 spiro atoms. The summed E-state index contributed by atoms with van der Waals surface area (Å²) in [6.45, 7) is 0. The Morgan fingerprint density at radius 1 is 0.955 bits per heavy atom. The van der Waals surface area contributed by atoms with E-state index in [1.54, 1.807) is 0 Å². The highest BCUT2D eigenvalue weighted by Gasteiger charge is 2.44. The Kier molecular flexibility index (Phi) is 4.46. The van der Waals surface area contributed by atoms with Crippen LogP contribution >= 0.6 is 31.9 Å². The summed E-state index contributed by atoms with van der Waals surface area (Å²) in [5.41, 5.74) is 2.67. The van der Waals surface area contributed by atoms with Gasteiger partial charge in [-0.05, 0) is 11.1 Å². The van der Waals surface area contributed by atoms with Crippen molar-refractivity contribution in [3.8, 4) is 6.07 Å². The molecule has 0 saturated heterocycles. The molecule has 3 rings (SSSR count). The fourth-order valence-corrected chi connectivity index (χ4v) is 4.46. The Morgan fingerprint density at radius 3 is 2.18 bits per heavy atom. The molecular formula is C18H13Br2NO. The number of rotatable bonds is 2. The van der Waals surface area contributed by atoms with Gasteiger partial charge in [0.25, 0.3) is 0 Å². The van der Waals surface area contributed by atoms with Crippen molar-refractivity contribution in [3.05, 3.63) is 71.3 Å². The molecule has 0 amide bonds. The maximum absolute atomic E-state index is 13.0. The van der Waals surface area contributed by atoms with Crippen LogP contribution in [0.25, 0.3) is 0 Å². The number of ketones is 1. The minimum absolute atomic E-state index is 0.00319. The lowest BCUT2D eigenvalue weighted by Crippen LogP contribution is -2.35.